The molecule has 0 aliphatic rings. The van der Waals surface area contributed by atoms with Crippen LogP contribution in [0.1, 0.15) is 13.8 Å². The van der Waals surface area contributed by atoms with Crippen LogP contribution in [-0.2, 0) is 9.47 Å². The summed E-state index contributed by atoms with van der Waals surface area (Å²) in [5.74, 6) is 0. The van der Waals surface area contributed by atoms with Gasteiger partial charge in [0.25, 0.3) is 0 Å². The maximum Gasteiger partial charge on any atom is 0.195 e. The highest BCUT2D eigenvalue weighted by Crippen LogP contribution is 1.89. The minimum Gasteiger partial charge on any atom is -0.473 e. The standard InChI is InChI=1S/C6H12O2/c1-4-5-8-6(2)7-3/h4-6H,1-3H3/b5-4+. The summed E-state index contributed by atoms with van der Waals surface area (Å²) in [5.41, 5.74) is 0. The predicted molar refractivity (Wildman–Crippen MR) is 32.4 cm³/mol. The highest BCUT2D eigenvalue weighted by molar-refractivity contribution is 4.65. The normalized spacial score (nSPS) is 14.4. The van der Waals surface area contributed by atoms with E-state index in [-0.39, 0.29) is 6.29 Å². The van der Waals surface area contributed by atoms with Gasteiger partial charge in [-0.15, -0.1) is 0 Å². The van der Waals surface area contributed by atoms with Crippen molar-refractivity contribution in [2.24, 2.45) is 0 Å². The molecule has 0 N–H and O–H groups in total. The van der Waals surface area contributed by atoms with E-state index in [1.807, 2.05) is 19.9 Å². The molecule has 0 heterocycles. The van der Waals surface area contributed by atoms with Crippen LogP contribution in [0.5, 0.6) is 0 Å². The van der Waals surface area contributed by atoms with E-state index in [4.69, 9.17) is 9.47 Å². The van der Waals surface area contributed by atoms with Gasteiger partial charge >= 0.3 is 0 Å². The molecule has 1 unspecified atom stereocenters. The Hall–Kier alpha value is -0.500. The molecule has 0 saturated carbocycles. The van der Waals surface area contributed by atoms with Gasteiger partial charge in [-0.05, 0) is 13.8 Å². The van der Waals surface area contributed by atoms with Crippen LogP contribution >= 0.6 is 0 Å². The molecule has 0 aromatic rings. The van der Waals surface area contributed by atoms with Crippen molar-refractivity contribution in [2.45, 2.75) is 20.1 Å². The summed E-state index contributed by atoms with van der Waals surface area (Å²) in [6.45, 7) is 3.72. The second-order valence-corrected chi connectivity index (χ2v) is 1.41. The Kier molecular flexibility index (Phi) is 4.36. The molecule has 2 heteroatoms. The van der Waals surface area contributed by atoms with E-state index in [0.29, 0.717) is 0 Å². The van der Waals surface area contributed by atoms with Crippen molar-refractivity contribution in [3.05, 3.63) is 12.3 Å². The third-order valence-electron chi connectivity index (χ3n) is 0.738. The highest BCUT2D eigenvalue weighted by Gasteiger charge is 1.90. The molecule has 0 spiro atoms. The first-order valence-electron chi connectivity index (χ1n) is 2.60. The summed E-state index contributed by atoms with van der Waals surface area (Å²) in [6, 6.07) is 0. The second kappa shape index (κ2) is 4.65. The number of ether oxygens (including phenoxy) is 2. The maximum atomic E-state index is 4.94. The van der Waals surface area contributed by atoms with Crippen LogP contribution < -0.4 is 0 Å². The number of hydrogen-bond acceptors (Lipinski definition) is 2. The topological polar surface area (TPSA) is 18.5 Å². The van der Waals surface area contributed by atoms with Crippen molar-refractivity contribution >= 4 is 0 Å². The molecule has 8 heavy (non-hydrogen) atoms. The third-order valence-corrected chi connectivity index (χ3v) is 0.738. The molecule has 0 aromatic carbocycles. The van der Waals surface area contributed by atoms with E-state index in [9.17, 15) is 0 Å². The molecule has 0 rings (SSSR count). The van der Waals surface area contributed by atoms with Gasteiger partial charge in [-0.1, -0.05) is 6.08 Å². The minimum atomic E-state index is -0.133. The van der Waals surface area contributed by atoms with E-state index < -0.39 is 0 Å². The van der Waals surface area contributed by atoms with Crippen LogP contribution in [0, 0.1) is 0 Å². The molecule has 0 amide bonds. The van der Waals surface area contributed by atoms with E-state index >= 15 is 0 Å². The van der Waals surface area contributed by atoms with Crippen LogP contribution in [0.4, 0.5) is 0 Å². The highest BCUT2D eigenvalue weighted by atomic mass is 16.7. The fourth-order valence-electron chi connectivity index (χ4n) is 0.245. The van der Waals surface area contributed by atoms with Gasteiger partial charge in [-0.25, -0.2) is 0 Å². The molecule has 0 radical (unpaired) electrons. The van der Waals surface area contributed by atoms with Gasteiger partial charge in [0, 0.05) is 7.11 Å². The molecule has 0 aromatic heterocycles. The van der Waals surface area contributed by atoms with Crippen LogP contribution in [0.2, 0.25) is 0 Å². The van der Waals surface area contributed by atoms with Gasteiger partial charge in [0.2, 0.25) is 0 Å². The Labute approximate surface area is 50.1 Å². The van der Waals surface area contributed by atoms with Crippen LogP contribution in [-0.4, -0.2) is 13.4 Å². The predicted octanol–water partition coefficient (Wildman–Crippen LogP) is 1.53. The molecule has 0 aliphatic heterocycles. The SMILES string of the molecule is C/C=C/OC(C)OC. The Morgan fingerprint density at radius 1 is 1.50 bits per heavy atom. The molecule has 1 atom stereocenters. The quantitative estimate of drug-likeness (QED) is 0.411. The van der Waals surface area contributed by atoms with E-state index in [1.165, 1.54) is 0 Å². The van der Waals surface area contributed by atoms with Gasteiger partial charge in [0.15, 0.2) is 6.29 Å². The molecule has 0 bridgehead atoms. The van der Waals surface area contributed by atoms with E-state index in [0.717, 1.165) is 0 Å². The Morgan fingerprint density at radius 3 is 2.50 bits per heavy atom. The van der Waals surface area contributed by atoms with Crippen molar-refractivity contribution in [3.8, 4) is 0 Å². The van der Waals surface area contributed by atoms with Crippen molar-refractivity contribution in [3.63, 3.8) is 0 Å². The van der Waals surface area contributed by atoms with E-state index in [2.05, 4.69) is 0 Å². The van der Waals surface area contributed by atoms with Crippen LogP contribution in [0.15, 0.2) is 12.3 Å². The lowest BCUT2D eigenvalue weighted by Gasteiger charge is -2.06. The maximum absolute atomic E-state index is 4.94. The molecule has 0 aliphatic carbocycles. The van der Waals surface area contributed by atoms with Crippen molar-refractivity contribution in [2.75, 3.05) is 7.11 Å². The van der Waals surface area contributed by atoms with Crippen molar-refractivity contribution < 1.29 is 9.47 Å². The monoisotopic (exact) mass is 116 g/mol. The largest absolute Gasteiger partial charge is 0.473 e. The zero-order chi connectivity index (χ0) is 6.41. The van der Waals surface area contributed by atoms with Gasteiger partial charge in [0.05, 0.1) is 6.26 Å². The van der Waals surface area contributed by atoms with E-state index in [1.54, 1.807) is 13.4 Å². The van der Waals surface area contributed by atoms with Crippen molar-refractivity contribution in [1.29, 1.82) is 0 Å². The Bertz CT molecular complexity index is 68.9. The fourth-order valence-corrected chi connectivity index (χ4v) is 0.245. The molecule has 2 nitrogen and oxygen atoms in total. The smallest absolute Gasteiger partial charge is 0.195 e. The number of allylic oxidation sites excluding steroid dienone is 1. The Balaban J connectivity index is 3.10. The first kappa shape index (κ1) is 7.50. The molecule has 0 fully saturated rings. The summed E-state index contributed by atoms with van der Waals surface area (Å²) in [7, 11) is 1.61. The fraction of sp³-hybridized carbons (Fsp3) is 0.667. The Morgan fingerprint density at radius 2 is 2.12 bits per heavy atom. The first-order valence-corrected chi connectivity index (χ1v) is 2.60. The van der Waals surface area contributed by atoms with Gasteiger partial charge in [-0.2, -0.15) is 0 Å². The van der Waals surface area contributed by atoms with Crippen molar-refractivity contribution in [1.82, 2.24) is 0 Å². The lowest BCUT2D eigenvalue weighted by atomic mass is 10.7. The second-order valence-electron chi connectivity index (χ2n) is 1.41. The summed E-state index contributed by atoms with van der Waals surface area (Å²) in [4.78, 5) is 0. The van der Waals surface area contributed by atoms with Gasteiger partial charge in [0.1, 0.15) is 0 Å². The number of methoxy groups -OCH3 is 1. The third kappa shape index (κ3) is 3.68. The summed E-state index contributed by atoms with van der Waals surface area (Å²) < 4.78 is 9.72. The molecule has 0 saturated heterocycles. The zero-order valence-corrected chi connectivity index (χ0v) is 5.55. The first-order chi connectivity index (χ1) is 3.81. The number of hydrogen-bond donors (Lipinski definition) is 0. The lowest BCUT2D eigenvalue weighted by molar-refractivity contribution is -0.0679. The minimum absolute atomic E-state index is 0.133. The molecular formula is C6H12O2. The molecule has 48 valence electrons. The summed E-state index contributed by atoms with van der Waals surface area (Å²) in [6.07, 6.45) is 3.29. The lowest BCUT2D eigenvalue weighted by Crippen LogP contribution is -2.04. The summed E-state index contributed by atoms with van der Waals surface area (Å²) in [5, 5.41) is 0. The zero-order valence-electron chi connectivity index (χ0n) is 5.55. The van der Waals surface area contributed by atoms with Gasteiger partial charge in [-0.3, -0.25) is 0 Å². The van der Waals surface area contributed by atoms with Crippen LogP contribution in [0.25, 0.3) is 0 Å². The summed E-state index contributed by atoms with van der Waals surface area (Å²) >= 11 is 0. The number of rotatable bonds is 3. The van der Waals surface area contributed by atoms with Gasteiger partial charge < -0.3 is 9.47 Å². The average Bonchev–Trinajstić information content (AvgIpc) is 1.83. The van der Waals surface area contributed by atoms with Crippen LogP contribution in [0.3, 0.4) is 0 Å². The average molecular weight is 116 g/mol. The molecular weight excluding hydrogens is 104 g/mol.